The van der Waals surface area contributed by atoms with Crippen molar-refractivity contribution in [3.63, 3.8) is 0 Å². The fourth-order valence-electron chi connectivity index (χ4n) is 3.35. The highest BCUT2D eigenvalue weighted by Crippen LogP contribution is 2.29. The summed E-state index contributed by atoms with van der Waals surface area (Å²) in [6.45, 7) is 0. The molecule has 4 rings (SSSR count). The number of halogens is 1. The van der Waals surface area contributed by atoms with Gasteiger partial charge >= 0.3 is 0 Å². The minimum Gasteiger partial charge on any atom is -0.495 e. The molecular formula is C23H19ClN4O5S. The average molecular weight is 499 g/mol. The standard InChI is InChI=1S/C23H19ClN4O5S/c1-28-23(30)18-6-4-3-5-17(18)21(26-28)22(29)25-16-11-12-19(33-2)20(13-16)34(31,32)27-15-9-7-14(24)8-10-15/h3-13,27H,1-2H3,(H,25,29). The van der Waals surface area contributed by atoms with E-state index in [1.54, 1.807) is 36.4 Å². The Hall–Kier alpha value is -3.89. The average Bonchev–Trinajstić information content (AvgIpc) is 2.82. The number of sulfonamides is 1. The highest BCUT2D eigenvalue weighted by molar-refractivity contribution is 7.92. The van der Waals surface area contributed by atoms with Crippen LogP contribution < -0.4 is 20.3 Å². The van der Waals surface area contributed by atoms with Crippen LogP contribution in [-0.2, 0) is 17.1 Å². The van der Waals surface area contributed by atoms with Crippen LogP contribution in [-0.4, -0.2) is 31.2 Å². The van der Waals surface area contributed by atoms with E-state index in [4.69, 9.17) is 16.3 Å². The molecule has 0 bridgehead atoms. The molecule has 0 atom stereocenters. The van der Waals surface area contributed by atoms with Crippen LogP contribution in [0.2, 0.25) is 5.02 Å². The Balaban J connectivity index is 1.69. The van der Waals surface area contributed by atoms with Crippen LogP contribution in [0.25, 0.3) is 10.8 Å². The highest BCUT2D eigenvalue weighted by Gasteiger charge is 2.22. The summed E-state index contributed by atoms with van der Waals surface area (Å²) in [5, 5.41) is 7.93. The van der Waals surface area contributed by atoms with Crippen LogP contribution in [0.1, 0.15) is 10.5 Å². The summed E-state index contributed by atoms with van der Waals surface area (Å²) in [6.07, 6.45) is 0. The number of methoxy groups -OCH3 is 1. The van der Waals surface area contributed by atoms with Gasteiger partial charge in [0.05, 0.1) is 12.5 Å². The number of carbonyl (C=O) groups excluding carboxylic acids is 1. The molecule has 0 radical (unpaired) electrons. The van der Waals surface area contributed by atoms with E-state index in [0.717, 1.165) is 4.68 Å². The van der Waals surface area contributed by atoms with Crippen molar-refractivity contribution in [3.05, 3.63) is 87.8 Å². The number of nitrogens with zero attached hydrogens (tertiary/aromatic N) is 2. The van der Waals surface area contributed by atoms with Crippen LogP contribution >= 0.6 is 11.6 Å². The number of hydrogen-bond donors (Lipinski definition) is 2. The molecule has 0 aliphatic rings. The fraction of sp³-hybridized carbons (Fsp3) is 0.0870. The number of fused-ring (bicyclic) bond motifs is 1. The number of rotatable bonds is 6. The third kappa shape index (κ3) is 4.59. The number of nitrogens with one attached hydrogen (secondary N) is 2. The number of ether oxygens (including phenoxy) is 1. The molecule has 0 saturated carbocycles. The molecule has 0 fully saturated rings. The number of aromatic nitrogens is 2. The summed E-state index contributed by atoms with van der Waals surface area (Å²) in [5.74, 6) is -0.517. The number of benzene rings is 3. The van der Waals surface area contributed by atoms with Gasteiger partial charge in [0.15, 0.2) is 5.69 Å². The van der Waals surface area contributed by atoms with Gasteiger partial charge < -0.3 is 10.1 Å². The Labute approximate surface area is 200 Å². The van der Waals surface area contributed by atoms with Crippen molar-refractivity contribution in [2.45, 2.75) is 4.90 Å². The number of carbonyl (C=O) groups is 1. The van der Waals surface area contributed by atoms with Crippen LogP contribution in [0.15, 0.2) is 76.4 Å². The molecule has 0 aliphatic heterocycles. The zero-order valence-electron chi connectivity index (χ0n) is 18.1. The van der Waals surface area contributed by atoms with Crippen molar-refractivity contribution in [3.8, 4) is 5.75 Å². The van der Waals surface area contributed by atoms with Gasteiger partial charge in [-0.1, -0.05) is 29.8 Å². The smallest absolute Gasteiger partial charge is 0.276 e. The highest BCUT2D eigenvalue weighted by atomic mass is 35.5. The van der Waals surface area contributed by atoms with Crippen molar-refractivity contribution in [2.24, 2.45) is 7.05 Å². The molecule has 34 heavy (non-hydrogen) atoms. The van der Waals surface area contributed by atoms with Gasteiger partial charge in [-0.3, -0.25) is 14.3 Å². The summed E-state index contributed by atoms with van der Waals surface area (Å²) in [6, 6.07) is 17.0. The second-order valence-corrected chi connectivity index (χ2v) is 9.34. The molecule has 1 heterocycles. The Morgan fingerprint density at radius 2 is 1.65 bits per heavy atom. The molecule has 174 valence electrons. The molecular weight excluding hydrogens is 480 g/mol. The number of amides is 1. The van der Waals surface area contributed by atoms with Gasteiger partial charge in [-0.05, 0) is 48.5 Å². The van der Waals surface area contributed by atoms with Gasteiger partial charge in [0.25, 0.3) is 21.5 Å². The molecule has 11 heteroatoms. The lowest BCUT2D eigenvalue weighted by Crippen LogP contribution is -2.25. The van der Waals surface area contributed by atoms with Crippen molar-refractivity contribution in [1.29, 1.82) is 0 Å². The van der Waals surface area contributed by atoms with Crippen molar-refractivity contribution in [1.82, 2.24) is 9.78 Å². The predicted octanol–water partition coefficient (Wildman–Crippen LogP) is 3.65. The molecule has 0 unspecified atom stereocenters. The lowest BCUT2D eigenvalue weighted by molar-refractivity contribution is 0.102. The number of anilines is 2. The first-order valence-electron chi connectivity index (χ1n) is 9.93. The SMILES string of the molecule is COc1ccc(NC(=O)c2nn(C)c(=O)c3ccccc23)cc1S(=O)(=O)Nc1ccc(Cl)cc1. The largest absolute Gasteiger partial charge is 0.495 e. The summed E-state index contributed by atoms with van der Waals surface area (Å²) in [4.78, 5) is 25.2. The van der Waals surface area contributed by atoms with Crippen molar-refractivity contribution in [2.75, 3.05) is 17.1 Å². The maximum atomic E-state index is 13.0. The van der Waals surface area contributed by atoms with E-state index in [1.807, 2.05) is 0 Å². The third-order valence-corrected chi connectivity index (χ3v) is 6.63. The number of aryl methyl sites for hydroxylation is 1. The molecule has 1 aromatic heterocycles. The maximum Gasteiger partial charge on any atom is 0.276 e. The first-order chi connectivity index (χ1) is 16.2. The number of hydrogen-bond acceptors (Lipinski definition) is 6. The van der Waals surface area contributed by atoms with Crippen molar-refractivity contribution < 1.29 is 17.9 Å². The molecule has 9 nitrogen and oxygen atoms in total. The van der Waals surface area contributed by atoms with E-state index in [2.05, 4.69) is 15.1 Å². The topological polar surface area (TPSA) is 119 Å². The second-order valence-electron chi connectivity index (χ2n) is 7.26. The van der Waals surface area contributed by atoms with Crippen LogP contribution in [0.5, 0.6) is 5.75 Å². The first kappa shape index (κ1) is 23.3. The first-order valence-corrected chi connectivity index (χ1v) is 11.8. The lowest BCUT2D eigenvalue weighted by atomic mass is 10.1. The lowest BCUT2D eigenvalue weighted by Gasteiger charge is -2.14. The Morgan fingerprint density at radius 1 is 1.00 bits per heavy atom. The van der Waals surface area contributed by atoms with E-state index < -0.39 is 15.9 Å². The normalized spacial score (nSPS) is 11.3. The molecule has 2 N–H and O–H groups in total. The monoisotopic (exact) mass is 498 g/mol. The Kier molecular flexibility index (Phi) is 6.27. The molecule has 4 aromatic rings. The van der Waals surface area contributed by atoms with Gasteiger partial charge in [-0.25, -0.2) is 13.1 Å². The van der Waals surface area contributed by atoms with Crippen LogP contribution in [0.3, 0.4) is 0 Å². The van der Waals surface area contributed by atoms with E-state index in [9.17, 15) is 18.0 Å². The Bertz CT molecular complexity index is 1570. The van der Waals surface area contributed by atoms with Gasteiger partial charge in [-0.2, -0.15) is 5.10 Å². The zero-order chi connectivity index (χ0) is 24.5. The minimum atomic E-state index is -4.07. The molecule has 3 aromatic carbocycles. The summed E-state index contributed by atoms with van der Waals surface area (Å²) in [5.41, 5.74) is 0.194. The molecule has 1 amide bonds. The molecule has 0 saturated heterocycles. The zero-order valence-corrected chi connectivity index (χ0v) is 19.6. The van der Waals surface area contributed by atoms with E-state index in [-0.39, 0.29) is 27.6 Å². The van der Waals surface area contributed by atoms with Crippen molar-refractivity contribution >= 4 is 49.7 Å². The quantitative estimate of drug-likeness (QED) is 0.419. The van der Waals surface area contributed by atoms with E-state index in [0.29, 0.717) is 21.5 Å². The maximum absolute atomic E-state index is 13.0. The summed E-state index contributed by atoms with van der Waals surface area (Å²) >= 11 is 5.86. The van der Waals surface area contributed by atoms with E-state index in [1.165, 1.54) is 44.5 Å². The fourth-order valence-corrected chi connectivity index (χ4v) is 4.73. The van der Waals surface area contributed by atoms with Gasteiger partial charge in [0, 0.05) is 28.8 Å². The second kappa shape index (κ2) is 9.16. The predicted molar refractivity (Wildman–Crippen MR) is 130 cm³/mol. The van der Waals surface area contributed by atoms with Crippen LogP contribution in [0, 0.1) is 0 Å². The minimum absolute atomic E-state index is 0.0252. The van der Waals surface area contributed by atoms with E-state index >= 15 is 0 Å². The summed E-state index contributed by atoms with van der Waals surface area (Å²) < 4.78 is 34.8. The molecule has 0 aliphatic carbocycles. The summed E-state index contributed by atoms with van der Waals surface area (Å²) in [7, 11) is -1.28. The molecule has 0 spiro atoms. The van der Waals surface area contributed by atoms with Gasteiger partial charge in [0.2, 0.25) is 0 Å². The van der Waals surface area contributed by atoms with Gasteiger partial charge in [-0.15, -0.1) is 0 Å². The third-order valence-electron chi connectivity index (χ3n) is 4.98. The van der Waals surface area contributed by atoms with Gasteiger partial charge in [0.1, 0.15) is 10.6 Å². The Morgan fingerprint density at radius 3 is 2.32 bits per heavy atom. The van der Waals surface area contributed by atoms with Crippen LogP contribution in [0.4, 0.5) is 11.4 Å².